The molecule has 1 saturated heterocycles. The third-order valence-corrected chi connectivity index (χ3v) is 3.49. The SMILES string of the molecule is CN(C(=O)OC(C)(C)C)c1ccc(C2CCCCN2)cn1. The van der Waals surface area contributed by atoms with Crippen LogP contribution in [0.2, 0.25) is 0 Å². The first-order chi connectivity index (χ1) is 9.87. The van der Waals surface area contributed by atoms with Crippen LogP contribution in [0.4, 0.5) is 10.6 Å². The molecule has 2 heterocycles. The molecular formula is C16H25N3O2. The van der Waals surface area contributed by atoms with Crippen molar-refractivity contribution in [3.05, 3.63) is 23.9 Å². The van der Waals surface area contributed by atoms with Crippen molar-refractivity contribution in [3.8, 4) is 0 Å². The van der Waals surface area contributed by atoms with E-state index in [4.69, 9.17) is 4.74 Å². The Morgan fingerprint density at radius 3 is 2.67 bits per heavy atom. The van der Waals surface area contributed by atoms with Crippen molar-refractivity contribution in [2.45, 2.75) is 51.7 Å². The fraction of sp³-hybridized carbons (Fsp3) is 0.625. The Hall–Kier alpha value is -1.62. The summed E-state index contributed by atoms with van der Waals surface area (Å²) in [5.74, 6) is 0.601. The molecule has 0 aromatic carbocycles. The first-order valence-electron chi connectivity index (χ1n) is 7.53. The largest absolute Gasteiger partial charge is 0.443 e. The predicted molar refractivity (Wildman–Crippen MR) is 83.5 cm³/mol. The number of rotatable bonds is 2. The van der Waals surface area contributed by atoms with E-state index in [-0.39, 0.29) is 0 Å². The Morgan fingerprint density at radius 1 is 1.38 bits per heavy atom. The number of carbonyl (C=O) groups is 1. The monoisotopic (exact) mass is 291 g/mol. The summed E-state index contributed by atoms with van der Waals surface area (Å²) in [4.78, 5) is 17.8. The molecule has 0 aliphatic carbocycles. The summed E-state index contributed by atoms with van der Waals surface area (Å²) in [6, 6.07) is 4.29. The van der Waals surface area contributed by atoms with Gasteiger partial charge in [0.15, 0.2) is 0 Å². The van der Waals surface area contributed by atoms with Gasteiger partial charge in [-0.3, -0.25) is 4.90 Å². The van der Waals surface area contributed by atoms with Gasteiger partial charge in [-0.25, -0.2) is 9.78 Å². The maximum atomic E-state index is 12.0. The van der Waals surface area contributed by atoms with Crippen LogP contribution in [0.5, 0.6) is 0 Å². The molecule has 2 rings (SSSR count). The molecule has 0 radical (unpaired) electrons. The van der Waals surface area contributed by atoms with Gasteiger partial charge in [-0.05, 0) is 51.8 Å². The van der Waals surface area contributed by atoms with E-state index in [2.05, 4.69) is 10.3 Å². The maximum absolute atomic E-state index is 12.0. The number of ether oxygens (including phenoxy) is 1. The summed E-state index contributed by atoms with van der Waals surface area (Å²) in [6.07, 6.45) is 5.08. The molecule has 0 saturated carbocycles. The van der Waals surface area contributed by atoms with Gasteiger partial charge in [-0.1, -0.05) is 12.5 Å². The Balaban J connectivity index is 2.02. The minimum atomic E-state index is -0.503. The number of nitrogens with zero attached hydrogens (tertiary/aromatic N) is 2. The first kappa shape index (κ1) is 15.8. The van der Waals surface area contributed by atoms with Gasteiger partial charge in [0, 0.05) is 19.3 Å². The summed E-state index contributed by atoms with van der Waals surface area (Å²) in [6.45, 7) is 6.61. The number of hydrogen-bond acceptors (Lipinski definition) is 4. The van der Waals surface area contributed by atoms with E-state index >= 15 is 0 Å². The van der Waals surface area contributed by atoms with E-state index in [1.165, 1.54) is 23.3 Å². The number of aromatic nitrogens is 1. The third-order valence-electron chi connectivity index (χ3n) is 3.49. The molecule has 5 heteroatoms. The number of carbonyl (C=O) groups excluding carboxylic acids is 1. The number of nitrogens with one attached hydrogen (secondary N) is 1. The topological polar surface area (TPSA) is 54.5 Å². The fourth-order valence-corrected chi connectivity index (χ4v) is 2.36. The molecule has 1 fully saturated rings. The number of pyridine rings is 1. The van der Waals surface area contributed by atoms with Crippen LogP contribution in [0.25, 0.3) is 0 Å². The highest BCUT2D eigenvalue weighted by molar-refractivity contribution is 5.85. The second-order valence-corrected chi connectivity index (χ2v) is 6.49. The van der Waals surface area contributed by atoms with E-state index in [0.29, 0.717) is 11.9 Å². The highest BCUT2D eigenvalue weighted by Crippen LogP contribution is 2.23. The zero-order chi connectivity index (χ0) is 15.5. The van der Waals surface area contributed by atoms with Crippen LogP contribution in [0, 0.1) is 0 Å². The average molecular weight is 291 g/mol. The van der Waals surface area contributed by atoms with Crippen molar-refractivity contribution in [1.29, 1.82) is 0 Å². The van der Waals surface area contributed by atoms with Gasteiger partial charge in [0.25, 0.3) is 0 Å². The molecule has 1 aliphatic rings. The zero-order valence-corrected chi connectivity index (χ0v) is 13.3. The van der Waals surface area contributed by atoms with Gasteiger partial charge in [0.1, 0.15) is 11.4 Å². The van der Waals surface area contributed by atoms with E-state index in [1.807, 2.05) is 39.1 Å². The molecule has 1 amide bonds. The molecule has 116 valence electrons. The number of anilines is 1. The lowest BCUT2D eigenvalue weighted by Gasteiger charge is -2.25. The van der Waals surface area contributed by atoms with Crippen LogP contribution in [0.15, 0.2) is 18.3 Å². The molecule has 1 aromatic heterocycles. The molecule has 21 heavy (non-hydrogen) atoms. The van der Waals surface area contributed by atoms with Crippen LogP contribution in [0.1, 0.15) is 51.6 Å². The fourth-order valence-electron chi connectivity index (χ4n) is 2.36. The standard InChI is InChI=1S/C16H25N3O2/c1-16(2,3)21-15(20)19(4)14-9-8-12(11-18-14)13-7-5-6-10-17-13/h8-9,11,13,17H,5-7,10H2,1-4H3. The smallest absolute Gasteiger partial charge is 0.415 e. The quantitative estimate of drug-likeness (QED) is 0.908. The van der Waals surface area contributed by atoms with Crippen molar-refractivity contribution in [2.75, 3.05) is 18.5 Å². The summed E-state index contributed by atoms with van der Waals surface area (Å²) >= 11 is 0. The van der Waals surface area contributed by atoms with Crippen molar-refractivity contribution in [1.82, 2.24) is 10.3 Å². The van der Waals surface area contributed by atoms with Crippen molar-refractivity contribution in [2.24, 2.45) is 0 Å². The van der Waals surface area contributed by atoms with Gasteiger partial charge in [0.05, 0.1) is 0 Å². The third kappa shape index (κ3) is 4.43. The summed E-state index contributed by atoms with van der Waals surface area (Å²) < 4.78 is 5.34. The van der Waals surface area contributed by atoms with Crippen molar-refractivity contribution < 1.29 is 9.53 Å². The van der Waals surface area contributed by atoms with Crippen LogP contribution in [0.3, 0.4) is 0 Å². The molecule has 1 unspecified atom stereocenters. The molecule has 5 nitrogen and oxygen atoms in total. The molecule has 1 N–H and O–H groups in total. The molecule has 1 aromatic rings. The van der Waals surface area contributed by atoms with Gasteiger partial charge >= 0.3 is 6.09 Å². The molecule has 0 bridgehead atoms. The summed E-state index contributed by atoms with van der Waals surface area (Å²) in [5.41, 5.74) is 0.674. The Bertz CT molecular complexity index is 473. The van der Waals surface area contributed by atoms with E-state index in [0.717, 1.165) is 13.0 Å². The summed E-state index contributed by atoms with van der Waals surface area (Å²) in [7, 11) is 1.68. The number of hydrogen-bond donors (Lipinski definition) is 1. The first-order valence-corrected chi connectivity index (χ1v) is 7.53. The van der Waals surface area contributed by atoms with E-state index < -0.39 is 11.7 Å². The summed E-state index contributed by atoms with van der Waals surface area (Å²) in [5, 5.41) is 3.49. The normalized spacial score (nSPS) is 19.1. The van der Waals surface area contributed by atoms with Crippen molar-refractivity contribution in [3.63, 3.8) is 0 Å². The minimum Gasteiger partial charge on any atom is -0.443 e. The number of piperidine rings is 1. The van der Waals surface area contributed by atoms with Crippen LogP contribution >= 0.6 is 0 Å². The lowest BCUT2D eigenvalue weighted by Crippen LogP contribution is -2.34. The second kappa shape index (κ2) is 6.43. The van der Waals surface area contributed by atoms with Crippen molar-refractivity contribution >= 4 is 11.9 Å². The highest BCUT2D eigenvalue weighted by Gasteiger charge is 2.21. The predicted octanol–water partition coefficient (Wildman–Crippen LogP) is 3.27. The average Bonchev–Trinajstić information content (AvgIpc) is 2.46. The van der Waals surface area contributed by atoms with E-state index in [9.17, 15) is 4.79 Å². The molecular weight excluding hydrogens is 266 g/mol. The lowest BCUT2D eigenvalue weighted by molar-refractivity contribution is 0.0588. The zero-order valence-electron chi connectivity index (χ0n) is 13.3. The van der Waals surface area contributed by atoms with Crippen LogP contribution < -0.4 is 10.2 Å². The molecule has 1 aliphatic heterocycles. The molecule has 0 spiro atoms. The van der Waals surface area contributed by atoms with Gasteiger partial charge < -0.3 is 10.1 Å². The maximum Gasteiger partial charge on any atom is 0.415 e. The van der Waals surface area contributed by atoms with Gasteiger partial charge in [-0.2, -0.15) is 0 Å². The van der Waals surface area contributed by atoms with E-state index in [1.54, 1.807) is 7.05 Å². The van der Waals surface area contributed by atoms with Crippen LogP contribution in [-0.2, 0) is 4.74 Å². The van der Waals surface area contributed by atoms with Gasteiger partial charge in [0.2, 0.25) is 0 Å². The second-order valence-electron chi connectivity index (χ2n) is 6.49. The molecule has 1 atom stereocenters. The van der Waals surface area contributed by atoms with Gasteiger partial charge in [-0.15, -0.1) is 0 Å². The number of amides is 1. The minimum absolute atomic E-state index is 0.382. The Labute approximate surface area is 126 Å². The lowest BCUT2D eigenvalue weighted by atomic mass is 9.99. The highest BCUT2D eigenvalue weighted by atomic mass is 16.6. The Kier molecular flexibility index (Phi) is 4.83. The Morgan fingerprint density at radius 2 is 2.14 bits per heavy atom. The van der Waals surface area contributed by atoms with Crippen LogP contribution in [-0.4, -0.2) is 30.3 Å².